The molecule has 6 nitrogen and oxygen atoms in total. The summed E-state index contributed by atoms with van der Waals surface area (Å²) < 4.78 is 28.7. The van der Waals surface area contributed by atoms with Crippen LogP contribution in [0, 0.1) is 11.6 Å². The summed E-state index contributed by atoms with van der Waals surface area (Å²) in [5, 5.41) is 6.66. The molecule has 0 bridgehead atoms. The topological polar surface area (TPSA) is 82.7 Å². The fourth-order valence-electron chi connectivity index (χ4n) is 2.93. The van der Waals surface area contributed by atoms with Crippen molar-refractivity contribution in [2.75, 3.05) is 6.54 Å². The number of hydrogen-bond acceptors (Lipinski definition) is 5. The molecule has 4 rings (SSSR count). The van der Waals surface area contributed by atoms with Crippen LogP contribution in [-0.4, -0.2) is 33.3 Å². The number of aromatic amines is 1. The number of rotatable bonds is 1. The molecule has 0 aliphatic carbocycles. The molecule has 0 saturated carbocycles. The Bertz CT molecular complexity index is 875. The van der Waals surface area contributed by atoms with E-state index in [1.54, 1.807) is 4.90 Å². The molecule has 1 aromatic carbocycles. The summed E-state index contributed by atoms with van der Waals surface area (Å²) in [6.45, 7) is 0.542. The highest BCUT2D eigenvalue weighted by Gasteiger charge is 2.31. The first kappa shape index (κ1) is 14.6. The molecule has 0 unspecified atom stereocenters. The standard InChI is InChI=1S/C16H14F2N6/c17-10-4-1-5-11(18)13(10)16-21-12-8-20-23-14(12)22-15-9(7-19)3-2-6-24(15)16/h1,4-5,7-8H,2-3,6,19H2,(H,20,23)/b9-7-. The van der Waals surface area contributed by atoms with Gasteiger partial charge in [-0.3, -0.25) is 5.10 Å². The van der Waals surface area contributed by atoms with Crippen molar-refractivity contribution in [2.24, 2.45) is 15.7 Å². The number of halogens is 2. The number of nitrogens with one attached hydrogen (secondary N) is 1. The van der Waals surface area contributed by atoms with E-state index in [0.29, 0.717) is 23.9 Å². The van der Waals surface area contributed by atoms with Gasteiger partial charge in [0.15, 0.2) is 5.82 Å². The second-order valence-corrected chi connectivity index (χ2v) is 5.52. The Balaban J connectivity index is 1.98. The summed E-state index contributed by atoms with van der Waals surface area (Å²) in [6.07, 6.45) is 4.47. The number of amidine groups is 2. The minimum Gasteiger partial charge on any atom is -0.404 e. The molecular formula is C16H14F2N6. The summed E-state index contributed by atoms with van der Waals surface area (Å²) in [4.78, 5) is 10.7. The lowest BCUT2D eigenvalue weighted by molar-refractivity contribution is 0.529. The maximum absolute atomic E-state index is 14.4. The lowest BCUT2D eigenvalue weighted by Gasteiger charge is -2.32. The van der Waals surface area contributed by atoms with Gasteiger partial charge < -0.3 is 10.6 Å². The molecular weight excluding hydrogens is 314 g/mol. The summed E-state index contributed by atoms with van der Waals surface area (Å²) >= 11 is 0. The number of nitrogens with two attached hydrogens (primary N) is 1. The number of piperidine rings is 1. The molecule has 2 aliphatic heterocycles. The van der Waals surface area contributed by atoms with Crippen molar-refractivity contribution in [3.8, 4) is 0 Å². The van der Waals surface area contributed by atoms with E-state index < -0.39 is 11.6 Å². The molecule has 122 valence electrons. The van der Waals surface area contributed by atoms with Crippen LogP contribution < -0.4 is 5.73 Å². The van der Waals surface area contributed by atoms with Gasteiger partial charge in [-0.05, 0) is 25.0 Å². The van der Waals surface area contributed by atoms with E-state index in [-0.39, 0.29) is 11.4 Å². The van der Waals surface area contributed by atoms with Gasteiger partial charge in [-0.25, -0.2) is 18.8 Å². The van der Waals surface area contributed by atoms with Gasteiger partial charge >= 0.3 is 0 Å². The molecule has 0 amide bonds. The van der Waals surface area contributed by atoms with Crippen molar-refractivity contribution in [2.45, 2.75) is 12.8 Å². The van der Waals surface area contributed by atoms with E-state index in [4.69, 9.17) is 5.73 Å². The molecule has 0 spiro atoms. The third-order valence-electron chi connectivity index (χ3n) is 4.06. The van der Waals surface area contributed by atoms with Crippen LogP contribution in [0.25, 0.3) is 0 Å². The average Bonchev–Trinajstić information content (AvgIpc) is 2.95. The third-order valence-corrected chi connectivity index (χ3v) is 4.06. The van der Waals surface area contributed by atoms with E-state index in [1.165, 1.54) is 30.6 Å². The number of hydrogen-bond donors (Lipinski definition) is 2. The number of H-pyrrole nitrogens is 1. The van der Waals surface area contributed by atoms with Crippen LogP contribution in [0.5, 0.6) is 0 Å². The van der Waals surface area contributed by atoms with Gasteiger partial charge in [0.1, 0.15) is 29.0 Å². The molecule has 1 aromatic heterocycles. The zero-order chi connectivity index (χ0) is 16.7. The fraction of sp³-hybridized carbons (Fsp3) is 0.188. The lowest BCUT2D eigenvalue weighted by Crippen LogP contribution is -2.42. The van der Waals surface area contributed by atoms with Gasteiger partial charge in [0.05, 0.1) is 11.8 Å². The van der Waals surface area contributed by atoms with Crippen molar-refractivity contribution in [1.29, 1.82) is 0 Å². The second kappa shape index (κ2) is 5.55. The highest BCUT2D eigenvalue weighted by Crippen LogP contribution is 2.33. The summed E-state index contributed by atoms with van der Waals surface area (Å²) in [6, 6.07) is 3.75. The predicted octanol–water partition coefficient (Wildman–Crippen LogP) is 2.75. The lowest BCUT2D eigenvalue weighted by atomic mass is 10.0. The quantitative estimate of drug-likeness (QED) is 0.844. The van der Waals surface area contributed by atoms with Crippen LogP contribution in [0.2, 0.25) is 0 Å². The highest BCUT2D eigenvalue weighted by atomic mass is 19.1. The molecule has 0 atom stereocenters. The summed E-state index contributed by atoms with van der Waals surface area (Å²) in [5.41, 5.74) is 6.76. The molecule has 8 heteroatoms. The minimum absolute atomic E-state index is 0.170. The van der Waals surface area contributed by atoms with E-state index >= 15 is 0 Å². The molecule has 24 heavy (non-hydrogen) atoms. The van der Waals surface area contributed by atoms with Gasteiger partial charge in [-0.2, -0.15) is 5.10 Å². The Morgan fingerprint density at radius 1 is 1.17 bits per heavy atom. The van der Waals surface area contributed by atoms with Gasteiger partial charge in [-0.1, -0.05) is 6.07 Å². The molecule has 1 saturated heterocycles. The fourth-order valence-corrected chi connectivity index (χ4v) is 2.93. The van der Waals surface area contributed by atoms with Crippen LogP contribution in [0.3, 0.4) is 0 Å². The van der Waals surface area contributed by atoms with Crippen molar-refractivity contribution >= 4 is 23.2 Å². The Labute approximate surface area is 136 Å². The molecule has 3 heterocycles. The van der Waals surface area contributed by atoms with Crippen molar-refractivity contribution in [3.63, 3.8) is 0 Å². The third kappa shape index (κ3) is 2.18. The smallest absolute Gasteiger partial charge is 0.176 e. The van der Waals surface area contributed by atoms with E-state index in [2.05, 4.69) is 20.2 Å². The van der Waals surface area contributed by atoms with E-state index in [0.717, 1.165) is 18.4 Å². The Morgan fingerprint density at radius 2 is 1.96 bits per heavy atom. The number of fused-ring (bicyclic) bond motifs is 2. The van der Waals surface area contributed by atoms with E-state index in [9.17, 15) is 8.78 Å². The molecule has 3 N–H and O–H groups in total. The van der Waals surface area contributed by atoms with Crippen LogP contribution in [-0.2, 0) is 0 Å². The van der Waals surface area contributed by atoms with Gasteiger partial charge in [0.25, 0.3) is 0 Å². The maximum Gasteiger partial charge on any atom is 0.176 e. The molecule has 2 aliphatic rings. The van der Waals surface area contributed by atoms with E-state index in [1.807, 2.05) is 0 Å². The zero-order valence-corrected chi connectivity index (χ0v) is 12.6. The van der Waals surface area contributed by atoms with Gasteiger partial charge in [0, 0.05) is 18.3 Å². The van der Waals surface area contributed by atoms with Crippen LogP contribution in [0.4, 0.5) is 20.3 Å². The van der Waals surface area contributed by atoms with Gasteiger partial charge in [0.2, 0.25) is 0 Å². The predicted molar refractivity (Wildman–Crippen MR) is 86.4 cm³/mol. The first-order valence-corrected chi connectivity index (χ1v) is 7.53. The number of nitrogens with zero attached hydrogens (tertiary/aromatic N) is 4. The van der Waals surface area contributed by atoms with Crippen LogP contribution in [0.1, 0.15) is 18.4 Å². The molecule has 1 fully saturated rings. The Kier molecular flexibility index (Phi) is 3.37. The molecule has 2 aromatic rings. The minimum atomic E-state index is -0.677. The SMILES string of the molecule is N/C=C1/CCCN2C1=Nc1[nH]ncc1N=C2c1c(F)cccc1F. The van der Waals surface area contributed by atoms with Crippen LogP contribution in [0.15, 0.2) is 46.2 Å². The number of aromatic nitrogens is 2. The van der Waals surface area contributed by atoms with Gasteiger partial charge in [-0.15, -0.1) is 0 Å². The van der Waals surface area contributed by atoms with Crippen molar-refractivity contribution in [1.82, 2.24) is 15.1 Å². The normalized spacial score (nSPS) is 18.6. The van der Waals surface area contributed by atoms with Crippen LogP contribution >= 0.6 is 0 Å². The largest absolute Gasteiger partial charge is 0.404 e. The maximum atomic E-state index is 14.4. The highest BCUT2D eigenvalue weighted by molar-refractivity contribution is 6.17. The first-order chi connectivity index (χ1) is 11.7. The Hall–Kier alpha value is -3.03. The second-order valence-electron chi connectivity index (χ2n) is 5.52. The van der Waals surface area contributed by atoms with Crippen molar-refractivity contribution < 1.29 is 8.78 Å². The number of aliphatic imine (C=N–C) groups is 2. The average molecular weight is 328 g/mol. The Morgan fingerprint density at radius 3 is 2.71 bits per heavy atom. The molecule has 0 radical (unpaired) electrons. The first-order valence-electron chi connectivity index (χ1n) is 7.53. The summed E-state index contributed by atoms with van der Waals surface area (Å²) in [7, 11) is 0. The van der Waals surface area contributed by atoms with Crippen molar-refractivity contribution in [3.05, 3.63) is 53.4 Å². The zero-order valence-electron chi connectivity index (χ0n) is 12.6. The number of benzene rings is 1. The summed E-state index contributed by atoms with van der Waals surface area (Å²) in [5.74, 6) is -0.215. The monoisotopic (exact) mass is 328 g/mol.